The lowest BCUT2D eigenvalue weighted by atomic mass is 10.1. The van der Waals surface area contributed by atoms with Crippen molar-refractivity contribution < 1.29 is 14.7 Å². The van der Waals surface area contributed by atoms with E-state index in [4.69, 9.17) is 5.11 Å². The lowest BCUT2D eigenvalue weighted by Gasteiger charge is -2.11. The topological polar surface area (TPSA) is 84.2 Å². The van der Waals surface area contributed by atoms with Crippen molar-refractivity contribution in [3.05, 3.63) is 47.3 Å². The summed E-state index contributed by atoms with van der Waals surface area (Å²) in [7, 11) is 0. The summed E-state index contributed by atoms with van der Waals surface area (Å²) in [5.41, 5.74) is 3.30. The molecule has 1 heterocycles. The monoisotopic (exact) mass is 327 g/mol. The number of benzene rings is 1. The lowest BCUT2D eigenvalue weighted by molar-refractivity contribution is -0.141. The number of aryl methyl sites for hydroxylation is 2. The molecule has 2 atom stereocenters. The minimum Gasteiger partial charge on any atom is -0.481 e. The molecule has 0 unspecified atom stereocenters. The van der Waals surface area contributed by atoms with Gasteiger partial charge in [-0.1, -0.05) is 17.7 Å². The Morgan fingerprint density at radius 3 is 2.54 bits per heavy atom. The number of carboxylic acid groups (broad SMARTS) is 1. The van der Waals surface area contributed by atoms with Crippen LogP contribution in [0, 0.1) is 19.8 Å². The van der Waals surface area contributed by atoms with Crippen LogP contribution in [0.2, 0.25) is 0 Å². The van der Waals surface area contributed by atoms with E-state index in [1.54, 1.807) is 10.7 Å². The maximum Gasteiger partial charge on any atom is 0.306 e. The third kappa shape index (κ3) is 3.32. The molecule has 1 fully saturated rings. The molecule has 1 saturated carbocycles. The number of aliphatic carboxylic acids is 1. The van der Waals surface area contributed by atoms with Crippen molar-refractivity contribution in [2.45, 2.75) is 39.2 Å². The number of rotatable bonds is 4. The smallest absolute Gasteiger partial charge is 0.306 e. The number of carboxylic acids is 1. The molecule has 0 radical (unpaired) electrons. The summed E-state index contributed by atoms with van der Waals surface area (Å²) in [5, 5.41) is 16.3. The molecule has 6 nitrogen and oxygen atoms in total. The summed E-state index contributed by atoms with van der Waals surface area (Å²) in [6, 6.07) is 9.58. The molecule has 0 saturated heterocycles. The van der Waals surface area contributed by atoms with E-state index in [0.717, 1.165) is 16.9 Å². The van der Waals surface area contributed by atoms with Crippen LogP contribution in [0.3, 0.4) is 0 Å². The van der Waals surface area contributed by atoms with Crippen molar-refractivity contribution in [3.8, 4) is 5.69 Å². The van der Waals surface area contributed by atoms with Crippen molar-refractivity contribution in [1.82, 2.24) is 15.1 Å². The molecule has 1 aliphatic carbocycles. The normalized spacial score (nSPS) is 20.1. The van der Waals surface area contributed by atoms with Crippen LogP contribution in [0.4, 0.5) is 0 Å². The van der Waals surface area contributed by atoms with Crippen LogP contribution in [-0.4, -0.2) is 32.8 Å². The van der Waals surface area contributed by atoms with Gasteiger partial charge in [-0.3, -0.25) is 9.59 Å². The number of aromatic nitrogens is 2. The fourth-order valence-corrected chi connectivity index (χ4v) is 3.13. The molecule has 126 valence electrons. The Balaban J connectivity index is 1.71. The molecular weight excluding hydrogens is 306 g/mol. The van der Waals surface area contributed by atoms with E-state index in [2.05, 4.69) is 10.4 Å². The molecule has 1 amide bonds. The first-order chi connectivity index (χ1) is 11.4. The SMILES string of the molecule is Cc1ccc(-n2nc(C(=O)N[C@@H]3CC[C@H](C(=O)O)C3)cc2C)cc1. The van der Waals surface area contributed by atoms with E-state index in [1.165, 1.54) is 0 Å². The van der Waals surface area contributed by atoms with E-state index in [9.17, 15) is 9.59 Å². The van der Waals surface area contributed by atoms with Gasteiger partial charge in [-0.25, -0.2) is 4.68 Å². The second-order valence-electron chi connectivity index (χ2n) is 6.44. The summed E-state index contributed by atoms with van der Waals surface area (Å²) in [4.78, 5) is 23.4. The average molecular weight is 327 g/mol. The molecule has 3 rings (SSSR count). The quantitative estimate of drug-likeness (QED) is 0.903. The summed E-state index contributed by atoms with van der Waals surface area (Å²) >= 11 is 0. The van der Waals surface area contributed by atoms with Crippen molar-refractivity contribution in [1.29, 1.82) is 0 Å². The van der Waals surface area contributed by atoms with E-state index < -0.39 is 5.97 Å². The zero-order valence-electron chi connectivity index (χ0n) is 13.8. The van der Waals surface area contributed by atoms with Gasteiger partial charge in [0.15, 0.2) is 5.69 Å². The first-order valence-electron chi connectivity index (χ1n) is 8.11. The first-order valence-corrected chi connectivity index (χ1v) is 8.11. The maximum atomic E-state index is 12.4. The second-order valence-corrected chi connectivity index (χ2v) is 6.44. The van der Waals surface area contributed by atoms with Crippen molar-refractivity contribution in [2.75, 3.05) is 0 Å². The molecule has 24 heavy (non-hydrogen) atoms. The Morgan fingerprint density at radius 2 is 1.92 bits per heavy atom. The van der Waals surface area contributed by atoms with Gasteiger partial charge in [0.25, 0.3) is 5.91 Å². The molecule has 1 aliphatic rings. The largest absolute Gasteiger partial charge is 0.481 e. The summed E-state index contributed by atoms with van der Waals surface area (Å²) in [5.74, 6) is -1.40. The Morgan fingerprint density at radius 1 is 1.21 bits per heavy atom. The van der Waals surface area contributed by atoms with Gasteiger partial charge < -0.3 is 10.4 Å². The Kier molecular flexibility index (Phi) is 4.38. The Hall–Kier alpha value is -2.63. The zero-order chi connectivity index (χ0) is 17.3. The molecule has 1 aromatic heterocycles. The number of carbonyl (C=O) groups excluding carboxylic acids is 1. The van der Waals surface area contributed by atoms with Crippen LogP contribution in [0.15, 0.2) is 30.3 Å². The summed E-state index contributed by atoms with van der Waals surface area (Å²) < 4.78 is 1.74. The first kappa shape index (κ1) is 16.2. The highest BCUT2D eigenvalue weighted by molar-refractivity contribution is 5.92. The van der Waals surface area contributed by atoms with Gasteiger partial charge >= 0.3 is 5.97 Å². The third-order valence-electron chi connectivity index (χ3n) is 4.52. The van der Waals surface area contributed by atoms with Gasteiger partial charge in [0, 0.05) is 11.7 Å². The van der Waals surface area contributed by atoms with Gasteiger partial charge in [-0.05, 0) is 51.3 Å². The number of carbonyl (C=O) groups is 2. The predicted molar refractivity (Wildman–Crippen MR) is 89.3 cm³/mol. The van der Waals surface area contributed by atoms with Gasteiger partial charge in [0.2, 0.25) is 0 Å². The highest BCUT2D eigenvalue weighted by Gasteiger charge is 2.31. The van der Waals surface area contributed by atoms with Crippen molar-refractivity contribution >= 4 is 11.9 Å². The summed E-state index contributed by atoms with van der Waals surface area (Å²) in [6.45, 7) is 3.92. The minimum absolute atomic E-state index is 0.0940. The molecule has 0 spiro atoms. The summed E-state index contributed by atoms with van der Waals surface area (Å²) in [6.07, 6.45) is 1.79. The van der Waals surface area contributed by atoms with Crippen LogP contribution in [0.5, 0.6) is 0 Å². The fourth-order valence-electron chi connectivity index (χ4n) is 3.13. The molecule has 6 heteroatoms. The Labute approximate surface area is 140 Å². The molecule has 0 aliphatic heterocycles. The van der Waals surface area contributed by atoms with E-state index >= 15 is 0 Å². The lowest BCUT2D eigenvalue weighted by Crippen LogP contribution is -2.33. The van der Waals surface area contributed by atoms with Gasteiger partial charge in [-0.2, -0.15) is 5.10 Å². The number of nitrogens with zero attached hydrogens (tertiary/aromatic N) is 2. The standard InChI is InChI=1S/C18H21N3O3/c1-11-3-7-15(8-4-11)21-12(2)9-16(20-21)17(22)19-14-6-5-13(10-14)18(23)24/h3-4,7-9,13-14H,5-6,10H2,1-2H3,(H,19,22)(H,23,24)/t13-,14+/m0/s1. The van der Waals surface area contributed by atoms with Gasteiger partial charge in [-0.15, -0.1) is 0 Å². The number of nitrogens with one attached hydrogen (secondary N) is 1. The van der Waals surface area contributed by atoms with Crippen LogP contribution < -0.4 is 5.32 Å². The van der Waals surface area contributed by atoms with Crippen molar-refractivity contribution in [3.63, 3.8) is 0 Å². The van der Waals surface area contributed by atoms with Crippen LogP contribution in [-0.2, 0) is 4.79 Å². The molecule has 0 bridgehead atoms. The van der Waals surface area contributed by atoms with Crippen LogP contribution in [0.1, 0.15) is 41.0 Å². The molecular formula is C18H21N3O3. The minimum atomic E-state index is -0.786. The zero-order valence-corrected chi connectivity index (χ0v) is 13.8. The highest BCUT2D eigenvalue weighted by Crippen LogP contribution is 2.26. The highest BCUT2D eigenvalue weighted by atomic mass is 16.4. The average Bonchev–Trinajstić information content (AvgIpc) is 3.15. The third-order valence-corrected chi connectivity index (χ3v) is 4.52. The fraction of sp³-hybridized carbons (Fsp3) is 0.389. The second kappa shape index (κ2) is 6.47. The number of amides is 1. The van der Waals surface area contributed by atoms with Crippen molar-refractivity contribution in [2.24, 2.45) is 5.92 Å². The maximum absolute atomic E-state index is 12.4. The predicted octanol–water partition coefficient (Wildman–Crippen LogP) is 2.47. The van der Waals surface area contributed by atoms with E-state index in [1.807, 2.05) is 38.1 Å². The number of hydrogen-bond acceptors (Lipinski definition) is 3. The Bertz CT molecular complexity index is 764. The number of hydrogen-bond donors (Lipinski definition) is 2. The van der Waals surface area contributed by atoms with Gasteiger partial charge in [0.05, 0.1) is 11.6 Å². The van der Waals surface area contributed by atoms with E-state index in [0.29, 0.717) is 25.0 Å². The molecule has 2 aromatic rings. The molecule has 1 aromatic carbocycles. The van der Waals surface area contributed by atoms with E-state index in [-0.39, 0.29) is 17.9 Å². The van der Waals surface area contributed by atoms with Gasteiger partial charge in [0.1, 0.15) is 0 Å². The van der Waals surface area contributed by atoms with Crippen LogP contribution >= 0.6 is 0 Å². The van der Waals surface area contributed by atoms with Crippen LogP contribution in [0.25, 0.3) is 5.69 Å². The molecule has 2 N–H and O–H groups in total.